The number of carbonyl (C=O) groups excluding carboxylic acids is 1. The Morgan fingerprint density at radius 2 is 2.12 bits per heavy atom. The van der Waals surface area contributed by atoms with Crippen LogP contribution in [0.15, 0.2) is 36.4 Å². The smallest absolute Gasteiger partial charge is 0.266 e. The summed E-state index contributed by atoms with van der Waals surface area (Å²) in [6.07, 6.45) is 0. The molecule has 2 heterocycles. The number of rotatable bonds is 4. The summed E-state index contributed by atoms with van der Waals surface area (Å²) in [5.41, 5.74) is 1.13. The molecule has 4 rings (SSSR count). The second-order valence-corrected chi connectivity index (χ2v) is 6.53. The predicted molar refractivity (Wildman–Crippen MR) is 93.0 cm³/mol. The molecule has 25 heavy (non-hydrogen) atoms. The van der Waals surface area contributed by atoms with Gasteiger partial charge in [-0.2, -0.15) is 0 Å². The predicted octanol–water partition coefficient (Wildman–Crippen LogP) is 4.17. The molecule has 0 saturated carbocycles. The maximum absolute atomic E-state index is 14.2. The summed E-state index contributed by atoms with van der Waals surface area (Å²) in [6, 6.07) is 9.97. The van der Waals surface area contributed by atoms with Crippen molar-refractivity contribution >= 4 is 33.0 Å². The molecule has 0 fully saturated rings. The molecule has 1 aliphatic rings. The number of nitrogens with one attached hydrogen (secondary N) is 1. The summed E-state index contributed by atoms with van der Waals surface area (Å²) >= 11 is 1.24. The average molecular weight is 359 g/mol. The summed E-state index contributed by atoms with van der Waals surface area (Å²) in [7, 11) is 1.52. The van der Waals surface area contributed by atoms with Crippen LogP contribution < -0.4 is 14.8 Å². The Labute approximate surface area is 146 Å². The maximum Gasteiger partial charge on any atom is 0.266 e. The molecule has 128 valence electrons. The monoisotopic (exact) mass is 359 g/mol. The van der Waals surface area contributed by atoms with Gasteiger partial charge < -0.3 is 19.5 Å². The molecule has 2 aromatic carbocycles. The van der Waals surface area contributed by atoms with Gasteiger partial charge in [0, 0.05) is 34.5 Å². The van der Waals surface area contributed by atoms with Crippen molar-refractivity contribution in [3.8, 4) is 11.5 Å². The van der Waals surface area contributed by atoms with Crippen LogP contribution in [0.5, 0.6) is 11.5 Å². The lowest BCUT2D eigenvalue weighted by Crippen LogP contribution is -2.12. The van der Waals surface area contributed by atoms with E-state index in [0.717, 1.165) is 0 Å². The zero-order valence-corrected chi connectivity index (χ0v) is 14.1. The van der Waals surface area contributed by atoms with Gasteiger partial charge in [0.2, 0.25) is 6.79 Å². The lowest BCUT2D eigenvalue weighted by atomic mass is 10.1. The number of ether oxygens (including phenoxy) is 3. The highest BCUT2D eigenvalue weighted by molar-refractivity contribution is 7.21. The van der Waals surface area contributed by atoms with Crippen molar-refractivity contribution in [3.05, 3.63) is 52.7 Å². The zero-order valence-electron chi connectivity index (χ0n) is 13.3. The molecule has 0 spiro atoms. The Kier molecular flexibility index (Phi) is 4.03. The fourth-order valence-corrected chi connectivity index (χ4v) is 3.91. The number of anilines is 1. The number of benzene rings is 2. The molecule has 1 aromatic heterocycles. The number of hydrogen-bond acceptors (Lipinski definition) is 5. The van der Waals surface area contributed by atoms with E-state index in [1.54, 1.807) is 30.3 Å². The van der Waals surface area contributed by atoms with E-state index in [4.69, 9.17) is 14.2 Å². The Balaban J connectivity index is 1.70. The molecular formula is C18H14FNO4S. The van der Waals surface area contributed by atoms with Crippen molar-refractivity contribution < 1.29 is 23.4 Å². The molecule has 1 aliphatic heterocycles. The van der Waals surface area contributed by atoms with E-state index in [0.29, 0.717) is 37.7 Å². The fraction of sp³-hybridized carbons (Fsp3) is 0.167. The minimum Gasteiger partial charge on any atom is -0.454 e. The van der Waals surface area contributed by atoms with Crippen LogP contribution >= 0.6 is 11.3 Å². The van der Waals surface area contributed by atoms with Crippen LogP contribution in [0.3, 0.4) is 0 Å². The van der Waals surface area contributed by atoms with Crippen LogP contribution in [0.1, 0.15) is 15.2 Å². The number of amides is 1. The minimum absolute atomic E-state index is 0.158. The first-order valence-electron chi connectivity index (χ1n) is 7.57. The molecular weight excluding hydrogens is 345 g/mol. The van der Waals surface area contributed by atoms with E-state index < -0.39 is 0 Å². The van der Waals surface area contributed by atoms with Crippen molar-refractivity contribution in [1.82, 2.24) is 0 Å². The Bertz CT molecular complexity index is 969. The molecule has 0 atom stereocenters. The third kappa shape index (κ3) is 2.81. The van der Waals surface area contributed by atoms with E-state index in [1.165, 1.54) is 24.5 Å². The number of fused-ring (bicyclic) bond motifs is 2. The number of carbonyl (C=O) groups is 1. The first-order valence-corrected chi connectivity index (χ1v) is 8.39. The summed E-state index contributed by atoms with van der Waals surface area (Å²) in [4.78, 5) is 13.2. The number of methoxy groups -OCH3 is 1. The Morgan fingerprint density at radius 1 is 1.28 bits per heavy atom. The van der Waals surface area contributed by atoms with Gasteiger partial charge in [-0.25, -0.2) is 4.39 Å². The van der Waals surface area contributed by atoms with Gasteiger partial charge in [0.1, 0.15) is 5.82 Å². The van der Waals surface area contributed by atoms with Crippen LogP contribution in [0.4, 0.5) is 10.1 Å². The van der Waals surface area contributed by atoms with Gasteiger partial charge in [0.15, 0.2) is 11.5 Å². The highest BCUT2D eigenvalue weighted by atomic mass is 32.1. The van der Waals surface area contributed by atoms with Crippen LogP contribution in [-0.4, -0.2) is 19.8 Å². The molecule has 0 unspecified atom stereocenters. The Hall–Kier alpha value is -2.64. The molecule has 5 nitrogen and oxygen atoms in total. The van der Waals surface area contributed by atoms with Crippen molar-refractivity contribution in [2.24, 2.45) is 0 Å². The van der Waals surface area contributed by atoms with E-state index in [1.807, 2.05) is 0 Å². The largest absolute Gasteiger partial charge is 0.454 e. The number of halogens is 1. The topological polar surface area (TPSA) is 56.8 Å². The standard InChI is InChI=1S/C18H14FNO4S/c1-22-8-11-16-12(19)3-2-4-15(16)25-17(11)18(21)20-10-5-6-13-14(7-10)24-9-23-13/h2-7H,8-9H2,1H3,(H,20,21). The summed E-state index contributed by atoms with van der Waals surface area (Å²) < 4.78 is 30.7. The van der Waals surface area contributed by atoms with Gasteiger partial charge in [-0.15, -0.1) is 11.3 Å². The first kappa shape index (κ1) is 15.9. The molecule has 7 heteroatoms. The highest BCUT2D eigenvalue weighted by Crippen LogP contribution is 2.36. The number of thiophene rings is 1. The lowest BCUT2D eigenvalue weighted by Gasteiger charge is -2.07. The van der Waals surface area contributed by atoms with Crippen LogP contribution in [0, 0.1) is 5.82 Å². The molecule has 0 radical (unpaired) electrons. The van der Waals surface area contributed by atoms with Gasteiger partial charge in [0.25, 0.3) is 5.91 Å². The molecule has 1 N–H and O–H groups in total. The van der Waals surface area contributed by atoms with Gasteiger partial charge in [-0.05, 0) is 24.3 Å². The quantitative estimate of drug-likeness (QED) is 0.760. The van der Waals surface area contributed by atoms with Crippen molar-refractivity contribution in [2.75, 3.05) is 19.2 Å². The lowest BCUT2D eigenvalue weighted by molar-refractivity contribution is 0.102. The summed E-state index contributed by atoms with van der Waals surface area (Å²) in [5, 5.41) is 3.26. The molecule has 0 aliphatic carbocycles. The SMILES string of the molecule is COCc1c(C(=O)Nc2ccc3c(c2)OCO3)sc2cccc(F)c12. The van der Waals surface area contributed by atoms with E-state index in [9.17, 15) is 9.18 Å². The molecule has 3 aromatic rings. The summed E-state index contributed by atoms with van der Waals surface area (Å²) in [5.74, 6) is 0.550. The zero-order chi connectivity index (χ0) is 17.4. The van der Waals surface area contributed by atoms with E-state index in [2.05, 4.69) is 5.32 Å². The van der Waals surface area contributed by atoms with Gasteiger partial charge >= 0.3 is 0 Å². The molecule has 0 saturated heterocycles. The maximum atomic E-state index is 14.2. The number of hydrogen-bond donors (Lipinski definition) is 1. The third-order valence-corrected chi connectivity index (χ3v) is 5.08. The van der Waals surface area contributed by atoms with Crippen LogP contribution in [0.2, 0.25) is 0 Å². The normalized spacial score (nSPS) is 12.6. The summed E-state index contributed by atoms with van der Waals surface area (Å²) in [6.45, 7) is 0.325. The van der Waals surface area contributed by atoms with E-state index >= 15 is 0 Å². The van der Waals surface area contributed by atoms with Crippen molar-refractivity contribution in [2.45, 2.75) is 6.61 Å². The van der Waals surface area contributed by atoms with Crippen LogP contribution in [0.25, 0.3) is 10.1 Å². The second-order valence-electron chi connectivity index (χ2n) is 5.48. The van der Waals surface area contributed by atoms with Crippen LogP contribution in [-0.2, 0) is 11.3 Å². The fourth-order valence-electron chi connectivity index (χ4n) is 2.79. The van der Waals surface area contributed by atoms with Crippen molar-refractivity contribution in [3.63, 3.8) is 0 Å². The van der Waals surface area contributed by atoms with Crippen molar-refractivity contribution in [1.29, 1.82) is 0 Å². The van der Waals surface area contributed by atoms with Gasteiger partial charge in [-0.1, -0.05) is 6.07 Å². The molecule has 0 bridgehead atoms. The molecule has 1 amide bonds. The second kappa shape index (κ2) is 6.34. The highest BCUT2D eigenvalue weighted by Gasteiger charge is 2.21. The van der Waals surface area contributed by atoms with Gasteiger partial charge in [0.05, 0.1) is 11.5 Å². The van der Waals surface area contributed by atoms with Gasteiger partial charge in [-0.3, -0.25) is 4.79 Å². The third-order valence-electron chi connectivity index (χ3n) is 3.89. The van der Waals surface area contributed by atoms with E-state index in [-0.39, 0.29) is 25.1 Å². The Morgan fingerprint density at radius 3 is 2.96 bits per heavy atom. The first-order chi connectivity index (χ1) is 12.2. The average Bonchev–Trinajstić information content (AvgIpc) is 3.20. The minimum atomic E-state index is -0.358.